The number of amides is 1. The van der Waals surface area contributed by atoms with Crippen molar-refractivity contribution < 1.29 is 14.3 Å². The molecule has 0 unspecified atom stereocenters. The fraction of sp³-hybridized carbons (Fsp3) is 0.286. The van der Waals surface area contributed by atoms with E-state index >= 15 is 0 Å². The van der Waals surface area contributed by atoms with Gasteiger partial charge in [-0.2, -0.15) is 5.26 Å². The molecule has 0 aliphatic rings. The fourth-order valence-corrected chi connectivity index (χ4v) is 1.45. The van der Waals surface area contributed by atoms with E-state index in [0.717, 1.165) is 0 Å². The third-order valence-corrected chi connectivity index (χ3v) is 2.47. The lowest BCUT2D eigenvalue weighted by molar-refractivity contribution is -0.112. The first-order chi connectivity index (χ1) is 9.65. The Hall–Kier alpha value is -2.68. The topological polar surface area (TPSA) is 83.4 Å². The zero-order valence-electron chi connectivity index (χ0n) is 11.7. The molecule has 0 bridgehead atoms. The molecular formula is C14H17N3O3. The zero-order chi connectivity index (χ0) is 15.0. The molecule has 2 N–H and O–H groups in total. The van der Waals surface area contributed by atoms with Crippen LogP contribution in [0.2, 0.25) is 0 Å². The number of nitrogens with zero attached hydrogens (tertiary/aromatic N) is 1. The molecule has 106 valence electrons. The van der Waals surface area contributed by atoms with E-state index in [1.807, 2.05) is 13.0 Å². The molecule has 6 heteroatoms. The van der Waals surface area contributed by atoms with Crippen molar-refractivity contribution in [3.63, 3.8) is 0 Å². The van der Waals surface area contributed by atoms with Gasteiger partial charge in [-0.25, -0.2) is 0 Å². The first-order valence-electron chi connectivity index (χ1n) is 6.03. The Morgan fingerprint density at radius 3 is 2.70 bits per heavy atom. The number of benzene rings is 1. The number of ether oxygens (including phenoxy) is 2. The van der Waals surface area contributed by atoms with Gasteiger partial charge in [0.1, 0.15) is 23.1 Å². The van der Waals surface area contributed by atoms with E-state index in [1.54, 1.807) is 18.2 Å². The first kappa shape index (κ1) is 15.4. The van der Waals surface area contributed by atoms with E-state index in [0.29, 0.717) is 23.7 Å². The number of carbonyl (C=O) groups is 1. The van der Waals surface area contributed by atoms with Crippen LogP contribution in [0, 0.1) is 11.3 Å². The maximum absolute atomic E-state index is 12.0. The van der Waals surface area contributed by atoms with Crippen LogP contribution in [0.15, 0.2) is 30.0 Å². The molecule has 0 aliphatic heterocycles. The Bertz CT molecular complexity index is 547. The monoisotopic (exact) mass is 275 g/mol. The fourth-order valence-electron chi connectivity index (χ4n) is 1.45. The van der Waals surface area contributed by atoms with Crippen molar-refractivity contribution >= 4 is 11.6 Å². The van der Waals surface area contributed by atoms with E-state index in [-0.39, 0.29) is 5.57 Å². The van der Waals surface area contributed by atoms with Gasteiger partial charge in [0.25, 0.3) is 5.91 Å². The Morgan fingerprint density at radius 2 is 2.15 bits per heavy atom. The average molecular weight is 275 g/mol. The average Bonchev–Trinajstić information content (AvgIpc) is 2.47. The number of hydrogen-bond acceptors (Lipinski definition) is 5. The van der Waals surface area contributed by atoms with Gasteiger partial charge in [-0.1, -0.05) is 0 Å². The molecule has 0 atom stereocenters. The van der Waals surface area contributed by atoms with E-state index in [2.05, 4.69) is 10.6 Å². The standard InChI is InChI=1S/C14H17N3O3/c1-4-16-9-10(8-15)14(18)17-12-7-11(19-2)5-6-13(12)20-3/h5-7,9,16H,4H2,1-3H3,(H,17,18)/b10-9-. The molecule has 0 saturated heterocycles. The summed E-state index contributed by atoms with van der Waals surface area (Å²) < 4.78 is 10.2. The smallest absolute Gasteiger partial charge is 0.267 e. The third-order valence-electron chi connectivity index (χ3n) is 2.47. The van der Waals surface area contributed by atoms with Gasteiger partial charge >= 0.3 is 0 Å². The van der Waals surface area contributed by atoms with E-state index in [4.69, 9.17) is 14.7 Å². The SMILES string of the molecule is CCN/C=C(/C#N)C(=O)Nc1cc(OC)ccc1OC. The van der Waals surface area contributed by atoms with Gasteiger partial charge in [0.2, 0.25) is 0 Å². The molecule has 0 aliphatic carbocycles. The molecule has 0 fully saturated rings. The van der Waals surface area contributed by atoms with Crippen LogP contribution in [-0.4, -0.2) is 26.7 Å². The van der Waals surface area contributed by atoms with Gasteiger partial charge in [-0.3, -0.25) is 4.79 Å². The molecule has 1 amide bonds. The highest BCUT2D eigenvalue weighted by Crippen LogP contribution is 2.29. The number of rotatable bonds is 6. The second kappa shape index (κ2) is 7.69. The van der Waals surface area contributed by atoms with Crippen molar-refractivity contribution in [3.05, 3.63) is 30.0 Å². The first-order valence-corrected chi connectivity index (χ1v) is 6.03. The lowest BCUT2D eigenvalue weighted by Gasteiger charge is -2.11. The number of nitriles is 1. The number of carbonyl (C=O) groups excluding carboxylic acids is 1. The van der Waals surface area contributed by atoms with Crippen LogP contribution in [0.5, 0.6) is 11.5 Å². The van der Waals surface area contributed by atoms with Crippen molar-refractivity contribution in [1.29, 1.82) is 5.26 Å². The minimum absolute atomic E-state index is 0.0169. The summed E-state index contributed by atoms with van der Waals surface area (Å²) in [5.41, 5.74) is 0.422. The molecule has 6 nitrogen and oxygen atoms in total. The van der Waals surface area contributed by atoms with Crippen LogP contribution >= 0.6 is 0 Å². The minimum atomic E-state index is -0.514. The summed E-state index contributed by atoms with van der Waals surface area (Å²) in [6, 6.07) is 6.85. The van der Waals surface area contributed by atoms with Gasteiger partial charge in [0.15, 0.2) is 0 Å². The summed E-state index contributed by atoms with van der Waals surface area (Å²) in [4.78, 5) is 12.0. The van der Waals surface area contributed by atoms with E-state index < -0.39 is 5.91 Å². The molecule has 0 spiro atoms. The van der Waals surface area contributed by atoms with Gasteiger partial charge in [-0.15, -0.1) is 0 Å². The highest BCUT2D eigenvalue weighted by atomic mass is 16.5. The van der Waals surface area contributed by atoms with Crippen LogP contribution in [-0.2, 0) is 4.79 Å². The van der Waals surface area contributed by atoms with Crippen LogP contribution in [0.4, 0.5) is 5.69 Å². The zero-order valence-corrected chi connectivity index (χ0v) is 11.7. The van der Waals surface area contributed by atoms with E-state index in [1.165, 1.54) is 20.4 Å². The Labute approximate surface area is 118 Å². The molecule has 0 aromatic heterocycles. The lowest BCUT2D eigenvalue weighted by atomic mass is 10.2. The maximum atomic E-state index is 12.0. The minimum Gasteiger partial charge on any atom is -0.497 e. The summed E-state index contributed by atoms with van der Waals surface area (Å²) in [5.74, 6) is 0.551. The molecule has 1 aromatic carbocycles. The number of hydrogen-bond donors (Lipinski definition) is 2. The molecule has 1 aromatic rings. The van der Waals surface area contributed by atoms with Crippen molar-refractivity contribution in [1.82, 2.24) is 5.32 Å². The summed E-state index contributed by atoms with van der Waals surface area (Å²) >= 11 is 0. The Kier molecular flexibility index (Phi) is 5.91. The molecule has 20 heavy (non-hydrogen) atoms. The third kappa shape index (κ3) is 3.92. The quantitative estimate of drug-likeness (QED) is 0.609. The lowest BCUT2D eigenvalue weighted by Crippen LogP contribution is -2.17. The number of anilines is 1. The van der Waals surface area contributed by atoms with Crippen molar-refractivity contribution in [2.45, 2.75) is 6.92 Å². The van der Waals surface area contributed by atoms with Crippen LogP contribution in [0.25, 0.3) is 0 Å². The molecular weight excluding hydrogens is 258 g/mol. The summed E-state index contributed by atoms with van der Waals surface area (Å²) in [7, 11) is 3.02. The Balaban J connectivity index is 2.97. The van der Waals surface area contributed by atoms with Gasteiger partial charge in [0.05, 0.1) is 19.9 Å². The molecule has 1 rings (SSSR count). The molecule has 0 heterocycles. The maximum Gasteiger partial charge on any atom is 0.267 e. The van der Waals surface area contributed by atoms with Crippen molar-refractivity contribution in [3.8, 4) is 17.6 Å². The largest absolute Gasteiger partial charge is 0.497 e. The van der Waals surface area contributed by atoms with E-state index in [9.17, 15) is 4.79 Å². The highest BCUT2D eigenvalue weighted by molar-refractivity contribution is 6.07. The molecule has 0 saturated carbocycles. The van der Waals surface area contributed by atoms with Crippen LogP contribution in [0.3, 0.4) is 0 Å². The predicted molar refractivity (Wildman–Crippen MR) is 75.5 cm³/mol. The van der Waals surface area contributed by atoms with Gasteiger partial charge < -0.3 is 20.1 Å². The summed E-state index contributed by atoms with van der Waals surface area (Å²) in [6.07, 6.45) is 1.38. The second-order valence-electron chi connectivity index (χ2n) is 3.75. The highest BCUT2D eigenvalue weighted by Gasteiger charge is 2.13. The molecule has 0 radical (unpaired) electrons. The van der Waals surface area contributed by atoms with Gasteiger partial charge in [-0.05, 0) is 19.1 Å². The Morgan fingerprint density at radius 1 is 1.40 bits per heavy atom. The van der Waals surface area contributed by atoms with Crippen LogP contribution < -0.4 is 20.1 Å². The van der Waals surface area contributed by atoms with Crippen molar-refractivity contribution in [2.24, 2.45) is 0 Å². The van der Waals surface area contributed by atoms with Crippen LogP contribution in [0.1, 0.15) is 6.92 Å². The van der Waals surface area contributed by atoms with Gasteiger partial charge in [0, 0.05) is 18.8 Å². The van der Waals surface area contributed by atoms with Crippen molar-refractivity contribution in [2.75, 3.05) is 26.1 Å². The summed E-state index contributed by atoms with van der Waals surface area (Å²) in [6.45, 7) is 2.50. The number of methoxy groups -OCH3 is 2. The second-order valence-corrected chi connectivity index (χ2v) is 3.75. The predicted octanol–water partition coefficient (Wildman–Crippen LogP) is 1.66. The normalized spacial score (nSPS) is 10.4. The summed E-state index contributed by atoms with van der Waals surface area (Å²) in [5, 5.41) is 14.4. The number of nitrogens with one attached hydrogen (secondary N) is 2.